The Kier molecular flexibility index (Phi) is 15.1. The molecule has 0 heteroatoms. The zero-order valence-corrected chi connectivity index (χ0v) is 39.0. The molecule has 2 unspecified atom stereocenters. The Bertz CT molecular complexity index is 2750. The fourth-order valence-electron chi connectivity index (χ4n) is 9.39. The molecule has 1 aliphatic carbocycles. The average molecular weight is 823 g/mol. The summed E-state index contributed by atoms with van der Waals surface area (Å²) in [5.74, 6) is 1.25. The van der Waals surface area contributed by atoms with E-state index in [1.54, 1.807) is 0 Å². The lowest BCUT2D eigenvalue weighted by molar-refractivity contribution is 0.711. The van der Waals surface area contributed by atoms with E-state index in [2.05, 4.69) is 237 Å². The van der Waals surface area contributed by atoms with Crippen molar-refractivity contribution in [2.75, 3.05) is 0 Å². The van der Waals surface area contributed by atoms with Crippen LogP contribution in [0.5, 0.6) is 0 Å². The van der Waals surface area contributed by atoms with Crippen LogP contribution in [0.25, 0.3) is 55.6 Å². The molecule has 0 N–H and O–H groups in total. The molecular formula is C63H66. The van der Waals surface area contributed by atoms with E-state index in [-0.39, 0.29) is 0 Å². The van der Waals surface area contributed by atoms with Crippen molar-refractivity contribution in [2.45, 2.75) is 99.3 Å². The third-order valence-electron chi connectivity index (χ3n) is 13.1. The first-order valence-electron chi connectivity index (χ1n) is 23.4. The molecule has 0 amide bonds. The standard InChI is InChI=1S/C30H28.C23H24.C10H14/c1-4-9-25-26-12-7-8-13-27(26)30-19-23(16-17-28(25)30)22-15-14-21(3)29(18-22)24-11-6-5-10-20(24)2;1-4-9-19-11-5-6-13-23(19)22-15-8-14-21(18(22)3)20-12-7-10-17(2)16-20;1-3-9(2)10-7-5-4-6-8-10/h5-8,10-19,25H,4,9H2,1-3H3;5-8,10-16H,4,9H2,1-3H3;4-9H,3H2,1-2H3. The lowest BCUT2D eigenvalue weighted by Crippen LogP contribution is -1.95. The molecule has 0 saturated carbocycles. The summed E-state index contributed by atoms with van der Waals surface area (Å²) in [7, 11) is 0. The van der Waals surface area contributed by atoms with Gasteiger partial charge >= 0.3 is 0 Å². The Morgan fingerprint density at radius 2 is 1.00 bits per heavy atom. The highest BCUT2D eigenvalue weighted by Gasteiger charge is 2.28. The highest BCUT2D eigenvalue weighted by molar-refractivity contribution is 5.85. The summed E-state index contributed by atoms with van der Waals surface area (Å²) in [6.07, 6.45) is 5.95. The maximum atomic E-state index is 2.41. The Hall–Kier alpha value is -6.24. The predicted molar refractivity (Wildman–Crippen MR) is 275 cm³/mol. The maximum absolute atomic E-state index is 2.41. The van der Waals surface area contributed by atoms with E-state index < -0.39 is 0 Å². The molecule has 0 nitrogen and oxygen atoms in total. The molecule has 1 aliphatic rings. The molecule has 8 aromatic rings. The molecule has 9 rings (SSSR count). The van der Waals surface area contributed by atoms with Crippen molar-refractivity contribution in [2.24, 2.45) is 0 Å². The first-order chi connectivity index (χ1) is 30.7. The summed E-state index contributed by atoms with van der Waals surface area (Å²) >= 11 is 0. The number of hydrogen-bond acceptors (Lipinski definition) is 0. The van der Waals surface area contributed by atoms with E-state index in [0.717, 1.165) is 6.42 Å². The second kappa shape index (κ2) is 21.2. The van der Waals surface area contributed by atoms with Crippen LogP contribution in [0.3, 0.4) is 0 Å². The molecule has 0 aromatic heterocycles. The van der Waals surface area contributed by atoms with Crippen LogP contribution in [0.2, 0.25) is 0 Å². The highest BCUT2D eigenvalue weighted by Crippen LogP contribution is 2.48. The first kappa shape index (κ1) is 44.8. The summed E-state index contributed by atoms with van der Waals surface area (Å²) in [5, 5.41) is 0. The van der Waals surface area contributed by atoms with E-state index in [1.165, 1.54) is 126 Å². The number of hydrogen-bond donors (Lipinski definition) is 0. The van der Waals surface area contributed by atoms with E-state index in [9.17, 15) is 0 Å². The first-order valence-corrected chi connectivity index (χ1v) is 23.4. The van der Waals surface area contributed by atoms with Gasteiger partial charge in [0.05, 0.1) is 0 Å². The van der Waals surface area contributed by atoms with Gasteiger partial charge in [0.15, 0.2) is 0 Å². The van der Waals surface area contributed by atoms with E-state index in [1.807, 2.05) is 0 Å². The number of aryl methyl sites for hydroxylation is 4. The monoisotopic (exact) mass is 823 g/mol. The zero-order chi connectivity index (χ0) is 44.3. The van der Waals surface area contributed by atoms with Crippen molar-refractivity contribution >= 4 is 0 Å². The molecule has 2 atom stereocenters. The van der Waals surface area contributed by atoms with Gasteiger partial charge in [0.2, 0.25) is 0 Å². The van der Waals surface area contributed by atoms with Gasteiger partial charge in [0.1, 0.15) is 0 Å². The lowest BCUT2D eigenvalue weighted by atomic mass is 9.89. The molecular weight excluding hydrogens is 757 g/mol. The van der Waals surface area contributed by atoms with Gasteiger partial charge in [0, 0.05) is 5.92 Å². The molecule has 0 heterocycles. The molecule has 8 aromatic carbocycles. The van der Waals surface area contributed by atoms with Crippen molar-refractivity contribution in [1.29, 1.82) is 0 Å². The third kappa shape index (κ3) is 10.4. The SMILES string of the molecule is CCC(C)c1ccccc1.CCCC1c2ccccc2-c2cc(-c3ccc(C)c(-c4ccccc4C)c3)ccc21.CCCc1ccccc1-c1cccc(-c2cccc(C)c2)c1C. The van der Waals surface area contributed by atoms with Gasteiger partial charge in [0.25, 0.3) is 0 Å². The van der Waals surface area contributed by atoms with Crippen molar-refractivity contribution in [3.63, 3.8) is 0 Å². The molecule has 63 heavy (non-hydrogen) atoms. The molecule has 0 fully saturated rings. The third-order valence-corrected chi connectivity index (χ3v) is 13.1. The number of rotatable bonds is 10. The van der Waals surface area contributed by atoms with E-state index in [4.69, 9.17) is 0 Å². The minimum atomic E-state index is 0.538. The zero-order valence-electron chi connectivity index (χ0n) is 39.0. The number of fused-ring (bicyclic) bond motifs is 3. The summed E-state index contributed by atoms with van der Waals surface area (Å²) in [6.45, 7) is 17.8. The van der Waals surface area contributed by atoms with Crippen LogP contribution in [0.4, 0.5) is 0 Å². The quantitative estimate of drug-likeness (QED) is 0.129. The van der Waals surface area contributed by atoms with Crippen LogP contribution in [0.15, 0.2) is 182 Å². The summed E-state index contributed by atoms with van der Waals surface area (Å²) in [6, 6.07) is 66.5. The Labute approximate surface area is 379 Å². The molecule has 0 spiro atoms. The van der Waals surface area contributed by atoms with Gasteiger partial charge in [-0.05, 0) is 160 Å². The van der Waals surface area contributed by atoms with Crippen LogP contribution >= 0.6 is 0 Å². The average Bonchev–Trinajstić information content (AvgIpc) is 3.63. The van der Waals surface area contributed by atoms with Crippen molar-refractivity contribution in [3.05, 3.63) is 226 Å². The second-order valence-corrected chi connectivity index (χ2v) is 17.5. The van der Waals surface area contributed by atoms with Gasteiger partial charge in [-0.25, -0.2) is 0 Å². The van der Waals surface area contributed by atoms with E-state index >= 15 is 0 Å². The summed E-state index contributed by atoms with van der Waals surface area (Å²) in [5.41, 5.74) is 24.6. The molecule has 0 bridgehead atoms. The van der Waals surface area contributed by atoms with Crippen molar-refractivity contribution < 1.29 is 0 Å². The fraction of sp³-hybridized carbons (Fsp3) is 0.238. The van der Waals surface area contributed by atoms with Gasteiger partial charge < -0.3 is 0 Å². The van der Waals surface area contributed by atoms with Crippen molar-refractivity contribution in [3.8, 4) is 55.6 Å². The summed E-state index contributed by atoms with van der Waals surface area (Å²) < 4.78 is 0. The van der Waals surface area contributed by atoms with Crippen molar-refractivity contribution in [1.82, 2.24) is 0 Å². The fourth-order valence-corrected chi connectivity index (χ4v) is 9.39. The van der Waals surface area contributed by atoms with Gasteiger partial charge in [-0.2, -0.15) is 0 Å². The molecule has 318 valence electrons. The van der Waals surface area contributed by atoms with Gasteiger partial charge in [-0.15, -0.1) is 0 Å². The Balaban J connectivity index is 0.000000159. The summed E-state index contributed by atoms with van der Waals surface area (Å²) in [4.78, 5) is 0. The Morgan fingerprint density at radius 3 is 1.71 bits per heavy atom. The van der Waals surface area contributed by atoms with Crippen LogP contribution < -0.4 is 0 Å². The molecule has 0 radical (unpaired) electrons. The largest absolute Gasteiger partial charge is 0.0653 e. The number of benzene rings is 8. The minimum absolute atomic E-state index is 0.538. The predicted octanol–water partition coefficient (Wildman–Crippen LogP) is 18.3. The normalized spacial score (nSPS) is 12.9. The second-order valence-electron chi connectivity index (χ2n) is 17.5. The van der Waals surface area contributed by atoms with Crippen LogP contribution in [-0.4, -0.2) is 0 Å². The maximum Gasteiger partial charge on any atom is 0.0102 e. The molecule has 0 aliphatic heterocycles. The van der Waals surface area contributed by atoms with Gasteiger partial charge in [-0.1, -0.05) is 216 Å². The lowest BCUT2D eigenvalue weighted by Gasteiger charge is -2.15. The van der Waals surface area contributed by atoms with Crippen LogP contribution in [-0.2, 0) is 6.42 Å². The highest BCUT2D eigenvalue weighted by atomic mass is 14.3. The van der Waals surface area contributed by atoms with Crippen LogP contribution in [0, 0.1) is 27.7 Å². The molecule has 0 saturated heterocycles. The Morgan fingerprint density at radius 1 is 0.413 bits per heavy atom. The topological polar surface area (TPSA) is 0 Å². The van der Waals surface area contributed by atoms with E-state index in [0.29, 0.717) is 11.8 Å². The smallest absolute Gasteiger partial charge is 0.0102 e. The van der Waals surface area contributed by atoms with Gasteiger partial charge in [-0.3, -0.25) is 0 Å². The minimum Gasteiger partial charge on any atom is -0.0653 e. The van der Waals surface area contributed by atoms with Crippen LogP contribution in [0.1, 0.15) is 110 Å².